The van der Waals surface area contributed by atoms with Gasteiger partial charge in [-0.05, 0) is 12.1 Å². The van der Waals surface area contributed by atoms with Crippen molar-refractivity contribution in [2.24, 2.45) is 0 Å². The highest BCUT2D eigenvalue weighted by molar-refractivity contribution is 5.97. The van der Waals surface area contributed by atoms with Gasteiger partial charge in [0.2, 0.25) is 0 Å². The largest absolute Gasteiger partial charge is 0.358 e. The number of halogens is 1. The molecule has 1 heterocycles. The molecule has 1 aromatic carbocycles. The van der Waals surface area contributed by atoms with Crippen LogP contribution in [0, 0.1) is 17.1 Å². The molecule has 0 radical (unpaired) electrons. The zero-order valence-electron chi connectivity index (χ0n) is 12.8. The average molecular weight is 317 g/mol. The van der Waals surface area contributed by atoms with Crippen molar-refractivity contribution in [2.75, 3.05) is 44.6 Å². The van der Waals surface area contributed by atoms with Crippen LogP contribution in [0.1, 0.15) is 0 Å². The number of para-hydroxylation sites is 1. The van der Waals surface area contributed by atoms with E-state index >= 15 is 0 Å². The summed E-state index contributed by atoms with van der Waals surface area (Å²) in [6, 6.07) is 7.89. The topological polar surface area (TPSA) is 80.2 Å². The smallest absolute Gasteiger partial charge is 0.263 e. The maximum absolute atomic E-state index is 13.5. The predicted octanol–water partition coefficient (Wildman–Crippen LogP) is 0.666. The van der Waals surface area contributed by atoms with Gasteiger partial charge in [-0.3, -0.25) is 9.69 Å². The van der Waals surface area contributed by atoms with E-state index in [4.69, 9.17) is 5.26 Å². The number of hydrogen-bond acceptors (Lipinski definition) is 5. The average Bonchev–Trinajstić information content (AvgIpc) is 2.58. The van der Waals surface area contributed by atoms with Gasteiger partial charge < -0.3 is 16.0 Å². The van der Waals surface area contributed by atoms with Gasteiger partial charge in [0, 0.05) is 45.5 Å². The summed E-state index contributed by atoms with van der Waals surface area (Å²) in [4.78, 5) is 14.2. The molecule has 7 heteroatoms. The van der Waals surface area contributed by atoms with E-state index in [0.717, 1.165) is 32.7 Å². The van der Waals surface area contributed by atoms with Crippen LogP contribution in [-0.2, 0) is 4.79 Å². The quantitative estimate of drug-likeness (QED) is 0.531. The van der Waals surface area contributed by atoms with Gasteiger partial charge in [-0.1, -0.05) is 12.1 Å². The first-order valence-corrected chi connectivity index (χ1v) is 7.53. The molecule has 0 atom stereocenters. The molecule has 3 N–H and O–H groups in total. The van der Waals surface area contributed by atoms with Crippen LogP contribution in [0.4, 0.5) is 10.1 Å². The Bertz CT molecular complexity index is 605. The highest BCUT2D eigenvalue weighted by Gasteiger charge is 2.12. The molecule has 1 aromatic rings. The second-order valence-corrected chi connectivity index (χ2v) is 5.14. The molecule has 122 valence electrons. The monoisotopic (exact) mass is 317 g/mol. The van der Waals surface area contributed by atoms with E-state index in [0.29, 0.717) is 6.54 Å². The minimum Gasteiger partial charge on any atom is -0.358 e. The van der Waals surface area contributed by atoms with Crippen LogP contribution in [0.25, 0.3) is 0 Å². The Morgan fingerprint density at radius 3 is 2.83 bits per heavy atom. The molecular formula is C16H20FN5O. The summed E-state index contributed by atoms with van der Waals surface area (Å²) in [7, 11) is 0. The molecule has 2 rings (SSSR count). The lowest BCUT2D eigenvalue weighted by Crippen LogP contribution is -2.46. The predicted molar refractivity (Wildman–Crippen MR) is 86.0 cm³/mol. The van der Waals surface area contributed by atoms with Crippen molar-refractivity contribution in [1.29, 1.82) is 5.26 Å². The van der Waals surface area contributed by atoms with E-state index < -0.39 is 11.7 Å². The van der Waals surface area contributed by atoms with Gasteiger partial charge >= 0.3 is 0 Å². The van der Waals surface area contributed by atoms with Crippen LogP contribution in [0.15, 0.2) is 36.0 Å². The molecule has 23 heavy (non-hydrogen) atoms. The van der Waals surface area contributed by atoms with Crippen molar-refractivity contribution in [3.8, 4) is 6.07 Å². The molecule has 0 spiro atoms. The Balaban J connectivity index is 1.82. The van der Waals surface area contributed by atoms with E-state index in [2.05, 4.69) is 20.9 Å². The molecule has 1 fully saturated rings. The van der Waals surface area contributed by atoms with Crippen molar-refractivity contribution in [1.82, 2.24) is 15.5 Å². The Hall–Kier alpha value is -2.43. The minimum atomic E-state index is -0.466. The molecule has 0 aliphatic carbocycles. The number of nitrogens with one attached hydrogen (secondary N) is 3. The number of benzene rings is 1. The number of nitrogens with zero attached hydrogens (tertiary/aromatic N) is 2. The molecule has 0 aromatic heterocycles. The number of nitriles is 1. The van der Waals surface area contributed by atoms with Crippen LogP contribution >= 0.6 is 0 Å². The van der Waals surface area contributed by atoms with Crippen molar-refractivity contribution in [3.05, 3.63) is 41.9 Å². The summed E-state index contributed by atoms with van der Waals surface area (Å²) in [5.74, 6) is -0.911. The lowest BCUT2D eigenvalue weighted by atomic mass is 10.2. The van der Waals surface area contributed by atoms with Crippen LogP contribution in [-0.4, -0.2) is 50.1 Å². The fourth-order valence-electron chi connectivity index (χ4n) is 2.23. The normalized spacial score (nSPS) is 15.7. The second-order valence-electron chi connectivity index (χ2n) is 5.14. The summed E-state index contributed by atoms with van der Waals surface area (Å²) in [6.07, 6.45) is 1.22. The lowest BCUT2D eigenvalue weighted by Gasteiger charge is -2.27. The van der Waals surface area contributed by atoms with Gasteiger partial charge in [0.25, 0.3) is 5.91 Å². The van der Waals surface area contributed by atoms with Crippen LogP contribution < -0.4 is 16.0 Å². The van der Waals surface area contributed by atoms with Gasteiger partial charge in [0.15, 0.2) is 0 Å². The fourth-order valence-corrected chi connectivity index (χ4v) is 2.23. The van der Waals surface area contributed by atoms with Crippen molar-refractivity contribution in [2.45, 2.75) is 0 Å². The molecule has 0 unspecified atom stereocenters. The molecule has 6 nitrogen and oxygen atoms in total. The molecule has 0 bridgehead atoms. The Morgan fingerprint density at radius 2 is 2.13 bits per heavy atom. The van der Waals surface area contributed by atoms with Crippen LogP contribution in [0.2, 0.25) is 0 Å². The summed E-state index contributed by atoms with van der Waals surface area (Å²) in [5, 5.41) is 17.7. The highest BCUT2D eigenvalue weighted by Crippen LogP contribution is 2.12. The molecule has 0 saturated carbocycles. The lowest BCUT2D eigenvalue weighted by molar-refractivity contribution is -0.117. The first kappa shape index (κ1) is 16.9. The summed E-state index contributed by atoms with van der Waals surface area (Å²) >= 11 is 0. The van der Waals surface area contributed by atoms with Crippen molar-refractivity contribution >= 4 is 11.6 Å². The minimum absolute atomic E-state index is 0.0893. The zero-order valence-corrected chi connectivity index (χ0v) is 12.8. The number of amides is 1. The van der Waals surface area contributed by atoms with E-state index in [1.807, 2.05) is 6.07 Å². The molecule has 1 aliphatic rings. The highest BCUT2D eigenvalue weighted by atomic mass is 19.1. The summed E-state index contributed by atoms with van der Waals surface area (Å²) < 4.78 is 13.5. The first-order valence-electron chi connectivity index (χ1n) is 7.53. The Kier molecular flexibility index (Phi) is 6.54. The molecule has 1 amide bonds. The molecule has 1 aliphatic heterocycles. The van der Waals surface area contributed by atoms with E-state index in [1.54, 1.807) is 12.1 Å². The summed E-state index contributed by atoms with van der Waals surface area (Å²) in [5.41, 5.74) is 0.127. The Labute approximate surface area is 135 Å². The third kappa shape index (κ3) is 5.36. The van der Waals surface area contributed by atoms with Gasteiger partial charge in [0.05, 0.1) is 5.69 Å². The third-order valence-electron chi connectivity index (χ3n) is 3.53. The molecular weight excluding hydrogens is 297 g/mol. The number of anilines is 1. The SMILES string of the molecule is N#C/C(=C/Nc1ccccc1F)C(=O)NCCN1CCNCC1. The van der Waals surface area contributed by atoms with E-state index in [9.17, 15) is 9.18 Å². The van der Waals surface area contributed by atoms with Crippen LogP contribution in [0.5, 0.6) is 0 Å². The first-order chi connectivity index (χ1) is 11.2. The standard InChI is InChI=1S/C16H20FN5O/c17-14-3-1-2-4-15(14)21-12-13(11-18)16(23)20-7-10-22-8-5-19-6-9-22/h1-4,12,19,21H,5-10H2,(H,20,23)/b13-12-. The van der Waals surface area contributed by atoms with E-state index in [-0.39, 0.29) is 11.3 Å². The van der Waals surface area contributed by atoms with Gasteiger partial charge in [-0.15, -0.1) is 0 Å². The van der Waals surface area contributed by atoms with Crippen molar-refractivity contribution < 1.29 is 9.18 Å². The van der Waals surface area contributed by atoms with Crippen LogP contribution in [0.3, 0.4) is 0 Å². The zero-order chi connectivity index (χ0) is 16.5. The van der Waals surface area contributed by atoms with E-state index in [1.165, 1.54) is 18.3 Å². The Morgan fingerprint density at radius 1 is 1.39 bits per heavy atom. The number of carbonyl (C=O) groups excluding carboxylic acids is 1. The van der Waals surface area contributed by atoms with Crippen molar-refractivity contribution in [3.63, 3.8) is 0 Å². The number of hydrogen-bond donors (Lipinski definition) is 3. The molecule has 1 saturated heterocycles. The summed E-state index contributed by atoms with van der Waals surface area (Å²) in [6.45, 7) is 5.01. The number of carbonyl (C=O) groups is 1. The number of piperazine rings is 1. The maximum atomic E-state index is 13.5. The van der Waals surface area contributed by atoms with Gasteiger partial charge in [-0.2, -0.15) is 5.26 Å². The second kappa shape index (κ2) is 8.88. The van der Waals surface area contributed by atoms with Gasteiger partial charge in [-0.25, -0.2) is 4.39 Å². The third-order valence-corrected chi connectivity index (χ3v) is 3.53. The number of rotatable bonds is 6. The fraction of sp³-hybridized carbons (Fsp3) is 0.375. The maximum Gasteiger partial charge on any atom is 0.263 e. The van der Waals surface area contributed by atoms with Gasteiger partial charge in [0.1, 0.15) is 17.5 Å².